The minimum absolute atomic E-state index is 0.0115. The van der Waals surface area contributed by atoms with Crippen molar-refractivity contribution in [1.29, 1.82) is 0 Å². The lowest BCUT2D eigenvalue weighted by Gasteiger charge is -2.18. The van der Waals surface area contributed by atoms with Gasteiger partial charge in [0, 0.05) is 24.3 Å². The molecule has 0 spiro atoms. The number of benzene rings is 2. The third kappa shape index (κ3) is 5.82. The van der Waals surface area contributed by atoms with Crippen LogP contribution in [0.4, 0.5) is 5.69 Å². The van der Waals surface area contributed by atoms with E-state index < -0.39 is 10.0 Å². The molecule has 0 saturated heterocycles. The lowest BCUT2D eigenvalue weighted by atomic mass is 10.2. The Kier molecular flexibility index (Phi) is 6.57. The molecule has 0 aliphatic carbocycles. The maximum atomic E-state index is 12.4. The highest BCUT2D eigenvalue weighted by molar-refractivity contribution is 7.92. The summed E-state index contributed by atoms with van der Waals surface area (Å²) in [5, 5.41) is 2.71. The van der Waals surface area contributed by atoms with Gasteiger partial charge in [-0.25, -0.2) is 8.42 Å². The highest BCUT2D eigenvalue weighted by atomic mass is 32.2. The number of carbonyl (C=O) groups is 2. The minimum Gasteiger partial charge on any atom is -0.352 e. The second-order valence-electron chi connectivity index (χ2n) is 6.38. The minimum atomic E-state index is -3.75. The summed E-state index contributed by atoms with van der Waals surface area (Å²) in [6, 6.07) is 14.1. The number of rotatable bonds is 7. The van der Waals surface area contributed by atoms with Crippen molar-refractivity contribution in [3.8, 4) is 0 Å². The zero-order chi connectivity index (χ0) is 20.0. The van der Waals surface area contributed by atoms with Crippen molar-refractivity contribution in [1.82, 2.24) is 10.2 Å². The summed E-state index contributed by atoms with van der Waals surface area (Å²) in [6.07, 6.45) is 0. The smallest absolute Gasteiger partial charge is 0.261 e. The Morgan fingerprint density at radius 2 is 1.59 bits per heavy atom. The molecule has 8 heteroatoms. The molecule has 144 valence electrons. The van der Waals surface area contributed by atoms with E-state index in [9.17, 15) is 18.0 Å². The Morgan fingerprint density at radius 1 is 1.00 bits per heavy atom. The summed E-state index contributed by atoms with van der Waals surface area (Å²) >= 11 is 0. The molecule has 2 aromatic carbocycles. The Balaban J connectivity index is 2.07. The first-order valence-corrected chi connectivity index (χ1v) is 9.90. The summed E-state index contributed by atoms with van der Waals surface area (Å²) in [5.41, 5.74) is 0.752. The van der Waals surface area contributed by atoms with Gasteiger partial charge in [-0.3, -0.25) is 14.3 Å². The normalized spacial score (nSPS) is 11.1. The van der Waals surface area contributed by atoms with E-state index in [1.165, 1.54) is 36.2 Å². The van der Waals surface area contributed by atoms with Crippen molar-refractivity contribution in [3.05, 3.63) is 60.2 Å². The molecule has 2 amide bonds. The van der Waals surface area contributed by atoms with Crippen LogP contribution in [0.3, 0.4) is 0 Å². The number of hydrogen-bond acceptors (Lipinski definition) is 4. The number of nitrogens with zero attached hydrogens (tertiary/aromatic N) is 1. The van der Waals surface area contributed by atoms with Gasteiger partial charge in [-0.15, -0.1) is 0 Å². The Hall–Kier alpha value is -2.87. The molecular weight excluding hydrogens is 366 g/mol. The molecule has 0 radical (unpaired) electrons. The number of likely N-dealkylation sites (N-methyl/N-ethyl adjacent to an activating group) is 1. The van der Waals surface area contributed by atoms with Gasteiger partial charge in [-0.2, -0.15) is 0 Å². The standard InChI is InChI=1S/C19H23N3O4S/c1-14(2)20-18(23)13-22(3)19(24)15-9-11-17(12-10-15)27(25,26)21-16-7-5-4-6-8-16/h4-12,14,21H,13H2,1-3H3,(H,20,23). The van der Waals surface area contributed by atoms with E-state index in [1.807, 2.05) is 13.8 Å². The van der Waals surface area contributed by atoms with Crippen molar-refractivity contribution in [2.24, 2.45) is 0 Å². The Labute approximate surface area is 159 Å². The zero-order valence-electron chi connectivity index (χ0n) is 15.5. The number of sulfonamides is 1. The topological polar surface area (TPSA) is 95.6 Å². The number of anilines is 1. The van der Waals surface area contributed by atoms with Crippen LogP contribution in [0.2, 0.25) is 0 Å². The van der Waals surface area contributed by atoms with Crippen LogP contribution >= 0.6 is 0 Å². The molecule has 27 heavy (non-hydrogen) atoms. The molecule has 0 aliphatic rings. The van der Waals surface area contributed by atoms with E-state index in [1.54, 1.807) is 30.3 Å². The molecule has 2 N–H and O–H groups in total. The molecule has 0 aliphatic heterocycles. The first-order valence-electron chi connectivity index (χ1n) is 8.42. The summed E-state index contributed by atoms with van der Waals surface area (Å²) in [7, 11) is -2.23. The summed E-state index contributed by atoms with van der Waals surface area (Å²) in [6.45, 7) is 3.59. The molecule has 7 nitrogen and oxygen atoms in total. The highest BCUT2D eigenvalue weighted by Crippen LogP contribution is 2.16. The fourth-order valence-corrected chi connectivity index (χ4v) is 3.43. The van der Waals surface area contributed by atoms with Gasteiger partial charge in [0.1, 0.15) is 0 Å². The molecule has 0 saturated carbocycles. The largest absolute Gasteiger partial charge is 0.352 e. The Morgan fingerprint density at radius 3 is 2.15 bits per heavy atom. The van der Waals surface area contributed by atoms with Crippen LogP contribution in [-0.4, -0.2) is 44.8 Å². The fraction of sp³-hybridized carbons (Fsp3) is 0.263. The number of carbonyl (C=O) groups excluding carboxylic acids is 2. The molecule has 0 heterocycles. The average Bonchev–Trinajstić information content (AvgIpc) is 2.61. The SMILES string of the molecule is CC(C)NC(=O)CN(C)C(=O)c1ccc(S(=O)(=O)Nc2ccccc2)cc1. The summed E-state index contributed by atoms with van der Waals surface area (Å²) in [5.74, 6) is -0.624. The van der Waals surface area contributed by atoms with Gasteiger partial charge in [0.25, 0.3) is 15.9 Å². The monoisotopic (exact) mass is 389 g/mol. The zero-order valence-corrected chi connectivity index (χ0v) is 16.3. The van der Waals surface area contributed by atoms with Crippen molar-refractivity contribution < 1.29 is 18.0 Å². The van der Waals surface area contributed by atoms with Crippen LogP contribution in [0.5, 0.6) is 0 Å². The molecule has 0 bridgehead atoms. The second kappa shape index (κ2) is 8.68. The van der Waals surface area contributed by atoms with E-state index in [0.29, 0.717) is 11.3 Å². The van der Waals surface area contributed by atoms with Gasteiger partial charge in [-0.05, 0) is 50.2 Å². The van der Waals surface area contributed by atoms with Crippen LogP contribution in [0, 0.1) is 0 Å². The average molecular weight is 389 g/mol. The fourth-order valence-electron chi connectivity index (χ4n) is 2.37. The Bertz CT molecular complexity index is 894. The van der Waals surface area contributed by atoms with Gasteiger partial charge in [0.15, 0.2) is 0 Å². The number of para-hydroxylation sites is 1. The second-order valence-corrected chi connectivity index (χ2v) is 8.06. The van der Waals surface area contributed by atoms with Crippen molar-refractivity contribution in [2.45, 2.75) is 24.8 Å². The van der Waals surface area contributed by atoms with Crippen LogP contribution < -0.4 is 10.0 Å². The van der Waals surface area contributed by atoms with E-state index in [2.05, 4.69) is 10.0 Å². The van der Waals surface area contributed by atoms with Crippen LogP contribution in [0.15, 0.2) is 59.5 Å². The molecule has 2 rings (SSSR count). The predicted octanol–water partition coefficient (Wildman–Crippen LogP) is 2.08. The number of amides is 2. The third-order valence-corrected chi connectivity index (χ3v) is 5.01. The summed E-state index contributed by atoms with van der Waals surface area (Å²) < 4.78 is 27.3. The molecule has 0 aromatic heterocycles. The lowest BCUT2D eigenvalue weighted by Crippen LogP contribution is -2.40. The lowest BCUT2D eigenvalue weighted by molar-refractivity contribution is -0.122. The third-order valence-electron chi connectivity index (χ3n) is 3.61. The van der Waals surface area contributed by atoms with E-state index in [0.717, 1.165) is 0 Å². The predicted molar refractivity (Wildman–Crippen MR) is 104 cm³/mol. The van der Waals surface area contributed by atoms with Crippen LogP contribution in [0.25, 0.3) is 0 Å². The molecular formula is C19H23N3O4S. The first kappa shape index (κ1) is 20.4. The number of hydrogen-bond donors (Lipinski definition) is 2. The van der Waals surface area contributed by atoms with E-state index in [4.69, 9.17) is 0 Å². The quantitative estimate of drug-likeness (QED) is 0.758. The van der Waals surface area contributed by atoms with Crippen molar-refractivity contribution in [3.63, 3.8) is 0 Å². The van der Waals surface area contributed by atoms with Gasteiger partial charge >= 0.3 is 0 Å². The van der Waals surface area contributed by atoms with Crippen LogP contribution in [0.1, 0.15) is 24.2 Å². The number of nitrogens with one attached hydrogen (secondary N) is 2. The van der Waals surface area contributed by atoms with E-state index >= 15 is 0 Å². The van der Waals surface area contributed by atoms with Gasteiger partial charge in [0.05, 0.1) is 11.4 Å². The first-order chi connectivity index (χ1) is 12.7. The molecule has 0 unspecified atom stereocenters. The molecule has 0 atom stereocenters. The van der Waals surface area contributed by atoms with Crippen molar-refractivity contribution in [2.75, 3.05) is 18.3 Å². The maximum absolute atomic E-state index is 12.4. The van der Waals surface area contributed by atoms with E-state index in [-0.39, 0.29) is 29.3 Å². The van der Waals surface area contributed by atoms with Crippen molar-refractivity contribution >= 4 is 27.5 Å². The maximum Gasteiger partial charge on any atom is 0.261 e. The molecule has 0 fully saturated rings. The molecule has 2 aromatic rings. The van der Waals surface area contributed by atoms with Gasteiger partial charge in [0.2, 0.25) is 5.91 Å². The highest BCUT2D eigenvalue weighted by Gasteiger charge is 2.18. The van der Waals surface area contributed by atoms with Crippen LogP contribution in [-0.2, 0) is 14.8 Å². The summed E-state index contributed by atoms with van der Waals surface area (Å²) in [4.78, 5) is 25.5. The van der Waals surface area contributed by atoms with Gasteiger partial charge in [-0.1, -0.05) is 18.2 Å². The van der Waals surface area contributed by atoms with Gasteiger partial charge < -0.3 is 10.2 Å².